The van der Waals surface area contributed by atoms with E-state index in [2.05, 4.69) is 4.90 Å². The van der Waals surface area contributed by atoms with Gasteiger partial charge in [-0.25, -0.2) is 8.42 Å². The van der Waals surface area contributed by atoms with Gasteiger partial charge in [0.15, 0.2) is 0 Å². The zero-order valence-electron chi connectivity index (χ0n) is 25.5. The third-order valence-electron chi connectivity index (χ3n) is 8.77. The Morgan fingerprint density at radius 1 is 1.02 bits per heavy atom. The summed E-state index contributed by atoms with van der Waals surface area (Å²) in [4.78, 5) is 17.3. The number of amides is 1. The smallest absolute Gasteiger partial charge is 0.309 e. The number of para-hydroxylation sites is 1. The van der Waals surface area contributed by atoms with Crippen LogP contribution < -0.4 is 4.90 Å². The number of likely N-dealkylation sites (tertiary alicyclic amines) is 1. The van der Waals surface area contributed by atoms with Gasteiger partial charge < -0.3 is 9.80 Å². The molecule has 2 aromatic carbocycles. The maximum atomic E-state index is 13.2. The fourth-order valence-electron chi connectivity index (χ4n) is 6.37. The quantitative estimate of drug-likeness (QED) is 0.312. The predicted octanol–water partition coefficient (Wildman–Crippen LogP) is 5.49. The average molecular weight is 632 g/mol. The van der Waals surface area contributed by atoms with E-state index >= 15 is 0 Å². The van der Waals surface area contributed by atoms with Crippen LogP contribution in [0.4, 0.5) is 18.9 Å². The first-order chi connectivity index (χ1) is 20.9. The van der Waals surface area contributed by atoms with Crippen molar-refractivity contribution in [1.82, 2.24) is 19.0 Å². The largest absolute Gasteiger partial charge is 0.416 e. The summed E-state index contributed by atoms with van der Waals surface area (Å²) in [5, 5.41) is 4.81. The second-order valence-electron chi connectivity index (χ2n) is 11.7. The van der Waals surface area contributed by atoms with E-state index in [1.54, 1.807) is 0 Å². The molecule has 44 heavy (non-hydrogen) atoms. The van der Waals surface area contributed by atoms with Gasteiger partial charge in [-0.2, -0.15) is 22.6 Å². The average Bonchev–Trinajstić information content (AvgIpc) is 3.36. The number of aryl methyl sites for hydroxylation is 2. The number of anilines is 1. The van der Waals surface area contributed by atoms with Gasteiger partial charge in [-0.3, -0.25) is 9.48 Å². The number of alkyl halides is 3. The SMILES string of the molecule is CCC(=O)N(c1ccccc1C)C1CCN(CCCn2nc(-c3ccc(C(F)(F)F)cc3)c3c2CCN(S(C)(=O)=O)C3)CC1. The molecule has 238 valence electrons. The molecular formula is C32H40F3N5O3S. The number of fused-ring (bicyclic) bond motifs is 1. The number of sulfonamides is 1. The highest BCUT2D eigenvalue weighted by Crippen LogP contribution is 2.34. The molecule has 0 bridgehead atoms. The predicted molar refractivity (Wildman–Crippen MR) is 165 cm³/mol. The summed E-state index contributed by atoms with van der Waals surface area (Å²) >= 11 is 0. The minimum absolute atomic E-state index is 0.138. The number of carbonyl (C=O) groups is 1. The summed E-state index contributed by atoms with van der Waals surface area (Å²) in [5.74, 6) is 0.138. The second-order valence-corrected chi connectivity index (χ2v) is 13.7. The lowest BCUT2D eigenvalue weighted by Gasteiger charge is -2.39. The van der Waals surface area contributed by atoms with Crippen LogP contribution in [0.15, 0.2) is 48.5 Å². The van der Waals surface area contributed by atoms with Crippen molar-refractivity contribution in [3.8, 4) is 11.3 Å². The molecule has 12 heteroatoms. The molecule has 1 saturated heterocycles. The van der Waals surface area contributed by atoms with E-state index in [9.17, 15) is 26.4 Å². The minimum Gasteiger partial charge on any atom is -0.309 e. The van der Waals surface area contributed by atoms with Crippen LogP contribution in [-0.4, -0.2) is 71.8 Å². The molecule has 5 rings (SSSR count). The van der Waals surface area contributed by atoms with Crippen LogP contribution in [0.2, 0.25) is 0 Å². The lowest BCUT2D eigenvalue weighted by Crippen LogP contribution is -2.48. The van der Waals surface area contributed by atoms with Crippen molar-refractivity contribution >= 4 is 21.6 Å². The lowest BCUT2D eigenvalue weighted by molar-refractivity contribution is -0.137. The zero-order chi connectivity index (χ0) is 31.6. The van der Waals surface area contributed by atoms with E-state index < -0.39 is 21.8 Å². The normalized spacial score (nSPS) is 17.0. The van der Waals surface area contributed by atoms with Gasteiger partial charge in [-0.05, 0) is 56.5 Å². The van der Waals surface area contributed by atoms with Crippen LogP contribution >= 0.6 is 0 Å². The Bertz CT molecular complexity index is 1580. The fourth-order valence-corrected chi connectivity index (χ4v) is 7.15. The molecule has 1 fully saturated rings. The highest BCUT2D eigenvalue weighted by molar-refractivity contribution is 7.88. The van der Waals surface area contributed by atoms with E-state index in [4.69, 9.17) is 5.10 Å². The van der Waals surface area contributed by atoms with Crippen molar-refractivity contribution in [3.63, 3.8) is 0 Å². The summed E-state index contributed by atoms with van der Waals surface area (Å²) in [6, 6.07) is 13.1. The van der Waals surface area contributed by atoms with Crippen LogP contribution in [0, 0.1) is 6.92 Å². The third kappa shape index (κ3) is 7.02. The number of hydrogen-bond acceptors (Lipinski definition) is 5. The van der Waals surface area contributed by atoms with Gasteiger partial charge in [0.05, 0.1) is 17.5 Å². The molecule has 1 amide bonds. The number of nitrogens with zero attached hydrogens (tertiary/aromatic N) is 5. The molecule has 0 N–H and O–H groups in total. The van der Waals surface area contributed by atoms with E-state index in [1.807, 2.05) is 47.7 Å². The molecule has 2 aliphatic rings. The molecule has 3 aromatic rings. The molecule has 2 aliphatic heterocycles. The number of rotatable bonds is 9. The molecule has 0 radical (unpaired) electrons. The first-order valence-electron chi connectivity index (χ1n) is 15.2. The number of aromatic nitrogens is 2. The highest BCUT2D eigenvalue weighted by Gasteiger charge is 2.33. The number of halogens is 3. The molecule has 0 aliphatic carbocycles. The first-order valence-corrected chi connectivity index (χ1v) is 17.0. The van der Waals surface area contributed by atoms with Gasteiger partial charge in [-0.15, -0.1) is 0 Å². The van der Waals surface area contributed by atoms with Crippen molar-refractivity contribution in [2.24, 2.45) is 0 Å². The summed E-state index contributed by atoms with van der Waals surface area (Å²) in [5.41, 5.74) is 4.08. The number of hydrogen-bond donors (Lipinski definition) is 0. The summed E-state index contributed by atoms with van der Waals surface area (Å²) < 4.78 is 67.4. The van der Waals surface area contributed by atoms with Crippen LogP contribution in [0.3, 0.4) is 0 Å². The van der Waals surface area contributed by atoms with E-state index in [0.717, 1.165) is 73.5 Å². The molecule has 8 nitrogen and oxygen atoms in total. The number of carbonyl (C=O) groups excluding carboxylic acids is 1. The Hall–Kier alpha value is -3.22. The summed E-state index contributed by atoms with van der Waals surface area (Å²) in [7, 11) is -3.44. The Morgan fingerprint density at radius 2 is 1.70 bits per heavy atom. The molecule has 0 atom stereocenters. The Kier molecular flexibility index (Phi) is 9.52. The van der Waals surface area contributed by atoms with Crippen molar-refractivity contribution < 1.29 is 26.4 Å². The van der Waals surface area contributed by atoms with Crippen LogP contribution in [0.1, 0.15) is 55.0 Å². The van der Waals surface area contributed by atoms with Crippen molar-refractivity contribution in [2.45, 2.75) is 71.3 Å². The Balaban J connectivity index is 1.26. The molecule has 1 aromatic heterocycles. The number of benzene rings is 2. The van der Waals surface area contributed by atoms with Crippen LogP contribution in [-0.2, 0) is 40.5 Å². The molecule has 0 spiro atoms. The molecule has 3 heterocycles. The molecular weight excluding hydrogens is 591 g/mol. The third-order valence-corrected chi connectivity index (χ3v) is 10.0. The van der Waals surface area contributed by atoms with Gasteiger partial charge in [0.1, 0.15) is 0 Å². The van der Waals surface area contributed by atoms with Crippen LogP contribution in [0.25, 0.3) is 11.3 Å². The van der Waals surface area contributed by atoms with Crippen molar-refractivity contribution in [1.29, 1.82) is 0 Å². The van der Waals surface area contributed by atoms with Gasteiger partial charge in [0, 0.05) is 74.1 Å². The van der Waals surface area contributed by atoms with E-state index in [0.29, 0.717) is 37.2 Å². The fraction of sp³-hybridized carbons (Fsp3) is 0.500. The first kappa shape index (κ1) is 32.2. The van der Waals surface area contributed by atoms with Gasteiger partial charge in [0.2, 0.25) is 15.9 Å². The van der Waals surface area contributed by atoms with Crippen molar-refractivity contribution in [2.75, 3.05) is 37.3 Å². The summed E-state index contributed by atoms with van der Waals surface area (Å²) in [6.45, 7) is 7.64. The molecule has 0 unspecified atom stereocenters. The Morgan fingerprint density at radius 3 is 2.32 bits per heavy atom. The van der Waals surface area contributed by atoms with Crippen molar-refractivity contribution in [3.05, 3.63) is 70.9 Å². The second kappa shape index (κ2) is 13.0. The topological polar surface area (TPSA) is 78.8 Å². The zero-order valence-corrected chi connectivity index (χ0v) is 26.3. The standard InChI is InChI=1S/C32H40F3N5O3S/c1-4-30(41)40(28-9-6-5-8-23(28)2)26-14-19-37(20-15-26)17-7-18-39-29-16-21-38(44(3,42)43)22-27(29)31(36-39)24-10-12-25(13-11-24)32(33,34)35/h5-6,8-13,26H,4,7,14-22H2,1-3H3. The number of piperidine rings is 1. The van der Waals surface area contributed by atoms with Gasteiger partial charge in [-0.1, -0.05) is 37.3 Å². The lowest BCUT2D eigenvalue weighted by atomic mass is 10.00. The Labute approximate surface area is 257 Å². The van der Waals surface area contributed by atoms with E-state index in [-0.39, 0.29) is 18.5 Å². The monoisotopic (exact) mass is 631 g/mol. The van der Waals surface area contributed by atoms with E-state index in [1.165, 1.54) is 22.7 Å². The maximum absolute atomic E-state index is 13.2. The van der Waals surface area contributed by atoms with Crippen LogP contribution in [0.5, 0.6) is 0 Å². The minimum atomic E-state index is -4.44. The highest BCUT2D eigenvalue weighted by atomic mass is 32.2. The van der Waals surface area contributed by atoms with Gasteiger partial charge in [0.25, 0.3) is 0 Å². The maximum Gasteiger partial charge on any atom is 0.416 e. The summed E-state index contributed by atoms with van der Waals surface area (Å²) in [6.07, 6.45) is 0.259. The molecule has 0 saturated carbocycles. The van der Waals surface area contributed by atoms with Gasteiger partial charge >= 0.3 is 6.18 Å².